The molecule has 0 aromatic heterocycles. The van der Waals surface area contributed by atoms with E-state index in [1.807, 2.05) is 30.3 Å². The quantitative estimate of drug-likeness (QED) is 0.699. The van der Waals surface area contributed by atoms with Crippen LogP contribution in [0.15, 0.2) is 30.3 Å². The van der Waals surface area contributed by atoms with E-state index in [0.29, 0.717) is 0 Å². The fourth-order valence-corrected chi connectivity index (χ4v) is 1.89. The largest absolute Gasteiger partial charge is 0.346 e. The van der Waals surface area contributed by atoms with Gasteiger partial charge in [0.15, 0.2) is 5.11 Å². The molecular formula is C11H15N3S. The fourth-order valence-electron chi connectivity index (χ4n) is 1.59. The average molecular weight is 221 g/mol. The van der Waals surface area contributed by atoms with E-state index in [2.05, 4.69) is 15.5 Å². The van der Waals surface area contributed by atoms with Gasteiger partial charge in [-0.25, -0.2) is 0 Å². The Balaban J connectivity index is 1.91. The van der Waals surface area contributed by atoms with Gasteiger partial charge in [0.05, 0.1) is 0 Å². The van der Waals surface area contributed by atoms with Gasteiger partial charge in [-0.05, 0) is 24.4 Å². The highest BCUT2D eigenvalue weighted by atomic mass is 32.1. The van der Waals surface area contributed by atoms with Crippen molar-refractivity contribution in [3.63, 3.8) is 0 Å². The van der Waals surface area contributed by atoms with Crippen molar-refractivity contribution in [2.75, 3.05) is 31.5 Å². The van der Waals surface area contributed by atoms with Crippen LogP contribution in [0.5, 0.6) is 0 Å². The highest BCUT2D eigenvalue weighted by molar-refractivity contribution is 7.80. The third-order valence-electron chi connectivity index (χ3n) is 2.43. The predicted molar refractivity (Wildman–Crippen MR) is 67.1 cm³/mol. The zero-order valence-corrected chi connectivity index (χ0v) is 9.39. The molecule has 0 saturated carbocycles. The predicted octanol–water partition coefficient (Wildman–Crippen LogP) is 1.29. The molecule has 1 aromatic rings. The summed E-state index contributed by atoms with van der Waals surface area (Å²) >= 11 is 5.34. The van der Waals surface area contributed by atoms with Crippen LogP contribution in [0.4, 0.5) is 5.69 Å². The summed E-state index contributed by atoms with van der Waals surface area (Å²) in [5.41, 5.74) is 1.06. The maximum absolute atomic E-state index is 5.34. The monoisotopic (exact) mass is 221 g/mol. The van der Waals surface area contributed by atoms with E-state index in [1.165, 1.54) is 0 Å². The number of hydrogen-bond donors (Lipinski definition) is 2. The molecular weight excluding hydrogens is 206 g/mol. The van der Waals surface area contributed by atoms with Gasteiger partial charge < -0.3 is 15.5 Å². The molecule has 0 radical (unpaired) electrons. The van der Waals surface area contributed by atoms with Crippen molar-refractivity contribution in [1.82, 2.24) is 10.2 Å². The maximum atomic E-state index is 5.34. The third kappa shape index (κ3) is 2.91. The number of rotatable bonds is 1. The van der Waals surface area contributed by atoms with E-state index in [9.17, 15) is 0 Å². The molecule has 2 N–H and O–H groups in total. The van der Waals surface area contributed by atoms with E-state index < -0.39 is 0 Å². The van der Waals surface area contributed by atoms with Gasteiger partial charge in [0.25, 0.3) is 0 Å². The second-order valence-electron chi connectivity index (χ2n) is 3.53. The Kier molecular flexibility index (Phi) is 3.53. The molecule has 4 heteroatoms. The molecule has 80 valence electrons. The van der Waals surface area contributed by atoms with Gasteiger partial charge >= 0.3 is 0 Å². The van der Waals surface area contributed by atoms with Crippen LogP contribution < -0.4 is 10.6 Å². The number of nitrogens with zero attached hydrogens (tertiary/aromatic N) is 1. The molecule has 0 spiro atoms. The molecule has 1 saturated heterocycles. The van der Waals surface area contributed by atoms with E-state index in [0.717, 1.165) is 37.0 Å². The van der Waals surface area contributed by atoms with Crippen LogP contribution in [-0.4, -0.2) is 36.2 Å². The zero-order valence-electron chi connectivity index (χ0n) is 8.57. The van der Waals surface area contributed by atoms with Crippen LogP contribution in [0.25, 0.3) is 0 Å². The Labute approximate surface area is 95.5 Å². The lowest BCUT2D eigenvalue weighted by molar-refractivity contribution is 0.362. The molecule has 0 atom stereocenters. The van der Waals surface area contributed by atoms with Crippen molar-refractivity contribution in [2.24, 2.45) is 0 Å². The van der Waals surface area contributed by atoms with E-state index in [-0.39, 0.29) is 0 Å². The molecule has 1 aliphatic heterocycles. The third-order valence-corrected chi connectivity index (χ3v) is 2.79. The molecule has 0 aliphatic carbocycles. The fraction of sp³-hybridized carbons (Fsp3) is 0.364. The lowest BCUT2D eigenvalue weighted by Crippen LogP contribution is -2.47. The van der Waals surface area contributed by atoms with Crippen molar-refractivity contribution in [3.8, 4) is 0 Å². The summed E-state index contributed by atoms with van der Waals surface area (Å²) in [6.45, 7) is 3.99. The Bertz CT molecular complexity index is 320. The van der Waals surface area contributed by atoms with Gasteiger partial charge in [-0.15, -0.1) is 0 Å². The lowest BCUT2D eigenvalue weighted by atomic mass is 10.3. The van der Waals surface area contributed by atoms with Gasteiger partial charge in [0.1, 0.15) is 0 Å². The van der Waals surface area contributed by atoms with E-state index >= 15 is 0 Å². The summed E-state index contributed by atoms with van der Waals surface area (Å²) in [6, 6.07) is 10.0. The van der Waals surface area contributed by atoms with Crippen LogP contribution in [-0.2, 0) is 0 Å². The summed E-state index contributed by atoms with van der Waals surface area (Å²) in [5, 5.41) is 7.37. The molecule has 3 nitrogen and oxygen atoms in total. The normalized spacial score (nSPS) is 16.1. The average Bonchev–Trinajstić information content (AvgIpc) is 2.31. The molecule has 0 unspecified atom stereocenters. The van der Waals surface area contributed by atoms with Crippen LogP contribution in [0.1, 0.15) is 0 Å². The summed E-state index contributed by atoms with van der Waals surface area (Å²) in [7, 11) is 0. The van der Waals surface area contributed by atoms with Gasteiger partial charge in [-0.2, -0.15) is 0 Å². The Morgan fingerprint density at radius 2 is 1.87 bits per heavy atom. The first kappa shape index (κ1) is 10.4. The van der Waals surface area contributed by atoms with E-state index in [4.69, 9.17) is 12.2 Å². The number of benzene rings is 1. The number of anilines is 1. The van der Waals surface area contributed by atoms with Crippen molar-refractivity contribution in [1.29, 1.82) is 0 Å². The Morgan fingerprint density at radius 3 is 2.53 bits per heavy atom. The molecule has 1 aromatic carbocycles. The molecule has 0 amide bonds. The number of nitrogens with one attached hydrogen (secondary N) is 2. The van der Waals surface area contributed by atoms with Crippen LogP contribution >= 0.6 is 12.2 Å². The minimum atomic E-state index is 0.822. The molecule has 1 heterocycles. The van der Waals surface area contributed by atoms with Crippen molar-refractivity contribution < 1.29 is 0 Å². The molecule has 0 bridgehead atoms. The first-order valence-electron chi connectivity index (χ1n) is 5.18. The van der Waals surface area contributed by atoms with Crippen molar-refractivity contribution in [3.05, 3.63) is 30.3 Å². The highest BCUT2D eigenvalue weighted by Gasteiger charge is 2.12. The standard InChI is InChI=1S/C11H15N3S/c15-11(14-8-6-12-7-9-14)13-10-4-2-1-3-5-10/h1-5,12H,6-9H2,(H,13,15). The molecule has 1 aliphatic rings. The van der Waals surface area contributed by atoms with Crippen LogP contribution in [0.2, 0.25) is 0 Å². The van der Waals surface area contributed by atoms with Gasteiger partial charge in [-0.3, -0.25) is 0 Å². The first-order chi connectivity index (χ1) is 7.36. The first-order valence-corrected chi connectivity index (χ1v) is 5.59. The van der Waals surface area contributed by atoms with Gasteiger partial charge in [0, 0.05) is 31.9 Å². The van der Waals surface area contributed by atoms with Gasteiger partial charge in [0.2, 0.25) is 0 Å². The highest BCUT2D eigenvalue weighted by Crippen LogP contribution is 2.07. The SMILES string of the molecule is S=C(Nc1ccccc1)N1CCNCC1. The molecule has 2 rings (SSSR count). The maximum Gasteiger partial charge on any atom is 0.173 e. The number of thiocarbonyl (C=S) groups is 1. The smallest absolute Gasteiger partial charge is 0.173 e. The number of hydrogen-bond acceptors (Lipinski definition) is 2. The van der Waals surface area contributed by atoms with Crippen molar-refractivity contribution in [2.45, 2.75) is 0 Å². The summed E-state index contributed by atoms with van der Waals surface area (Å²) in [5.74, 6) is 0. The van der Waals surface area contributed by atoms with E-state index in [1.54, 1.807) is 0 Å². The summed E-state index contributed by atoms with van der Waals surface area (Å²) in [6.07, 6.45) is 0. The van der Waals surface area contributed by atoms with Crippen LogP contribution in [0.3, 0.4) is 0 Å². The number of para-hydroxylation sites is 1. The minimum Gasteiger partial charge on any atom is -0.346 e. The summed E-state index contributed by atoms with van der Waals surface area (Å²) in [4.78, 5) is 2.19. The Hall–Kier alpha value is -1.13. The lowest BCUT2D eigenvalue weighted by Gasteiger charge is -2.29. The second-order valence-corrected chi connectivity index (χ2v) is 3.92. The molecule has 1 fully saturated rings. The van der Waals surface area contributed by atoms with Crippen LogP contribution in [0, 0.1) is 0 Å². The number of piperazine rings is 1. The minimum absolute atomic E-state index is 0.822. The topological polar surface area (TPSA) is 27.3 Å². The van der Waals surface area contributed by atoms with Crippen molar-refractivity contribution >= 4 is 23.0 Å². The second kappa shape index (κ2) is 5.09. The molecule has 15 heavy (non-hydrogen) atoms. The Morgan fingerprint density at radius 1 is 1.20 bits per heavy atom. The van der Waals surface area contributed by atoms with Gasteiger partial charge in [-0.1, -0.05) is 18.2 Å². The zero-order chi connectivity index (χ0) is 10.5. The summed E-state index contributed by atoms with van der Waals surface area (Å²) < 4.78 is 0.